The maximum Gasteiger partial charge on any atom is 0.128 e. The Labute approximate surface area is 97.0 Å². The van der Waals surface area contributed by atoms with E-state index in [0.717, 1.165) is 11.3 Å². The van der Waals surface area contributed by atoms with E-state index < -0.39 is 0 Å². The summed E-state index contributed by atoms with van der Waals surface area (Å²) in [4.78, 5) is 0. The first-order chi connectivity index (χ1) is 7.52. The molecule has 0 aliphatic heterocycles. The van der Waals surface area contributed by atoms with Gasteiger partial charge in [0.15, 0.2) is 0 Å². The molecule has 0 saturated carbocycles. The fraction of sp³-hybridized carbons (Fsp3) is 0.538. The Morgan fingerprint density at radius 3 is 2.19 bits per heavy atom. The molecule has 0 atom stereocenters. The largest absolute Gasteiger partial charge is 0.491 e. The molecule has 0 spiro atoms. The Morgan fingerprint density at radius 2 is 1.69 bits per heavy atom. The number of hydrogen-bond donors (Lipinski definition) is 1. The van der Waals surface area contributed by atoms with E-state index in [1.807, 2.05) is 45.9 Å². The van der Waals surface area contributed by atoms with Crippen LogP contribution in [0.15, 0.2) is 18.2 Å². The molecule has 1 aromatic carbocycles. The summed E-state index contributed by atoms with van der Waals surface area (Å²) >= 11 is 0. The van der Waals surface area contributed by atoms with Gasteiger partial charge in [0.05, 0.1) is 18.8 Å². The quantitative estimate of drug-likeness (QED) is 0.835. The third-order valence-electron chi connectivity index (χ3n) is 1.94. The first-order valence-electron chi connectivity index (χ1n) is 5.60. The molecule has 0 radical (unpaired) electrons. The SMILES string of the molecule is CC(C)Oc1ccc(CO)c(OC(C)C)c1. The van der Waals surface area contributed by atoms with E-state index in [2.05, 4.69) is 0 Å². The van der Waals surface area contributed by atoms with Crippen LogP contribution in [0, 0.1) is 0 Å². The predicted molar refractivity (Wildman–Crippen MR) is 63.9 cm³/mol. The van der Waals surface area contributed by atoms with Crippen LogP contribution in [-0.4, -0.2) is 17.3 Å². The molecule has 16 heavy (non-hydrogen) atoms. The van der Waals surface area contributed by atoms with Crippen molar-refractivity contribution in [2.24, 2.45) is 0 Å². The average molecular weight is 224 g/mol. The van der Waals surface area contributed by atoms with Crippen LogP contribution < -0.4 is 9.47 Å². The zero-order valence-corrected chi connectivity index (χ0v) is 10.4. The zero-order chi connectivity index (χ0) is 12.1. The molecule has 0 fully saturated rings. The van der Waals surface area contributed by atoms with E-state index in [1.54, 1.807) is 0 Å². The van der Waals surface area contributed by atoms with Crippen LogP contribution in [0.5, 0.6) is 11.5 Å². The minimum Gasteiger partial charge on any atom is -0.491 e. The maximum atomic E-state index is 9.18. The van der Waals surface area contributed by atoms with Crippen LogP contribution in [0.2, 0.25) is 0 Å². The lowest BCUT2D eigenvalue weighted by Crippen LogP contribution is -2.09. The van der Waals surface area contributed by atoms with Gasteiger partial charge in [-0.2, -0.15) is 0 Å². The van der Waals surface area contributed by atoms with Crippen molar-refractivity contribution in [3.63, 3.8) is 0 Å². The Morgan fingerprint density at radius 1 is 1.06 bits per heavy atom. The van der Waals surface area contributed by atoms with Gasteiger partial charge in [-0.15, -0.1) is 0 Å². The Kier molecular flexibility index (Phi) is 4.62. The molecule has 3 nitrogen and oxygen atoms in total. The number of rotatable bonds is 5. The van der Waals surface area contributed by atoms with Crippen LogP contribution in [0.4, 0.5) is 0 Å². The Balaban J connectivity index is 2.91. The van der Waals surface area contributed by atoms with Crippen LogP contribution in [0.25, 0.3) is 0 Å². The average Bonchev–Trinajstić information content (AvgIpc) is 2.16. The number of aliphatic hydroxyl groups is 1. The number of hydrogen-bond acceptors (Lipinski definition) is 3. The smallest absolute Gasteiger partial charge is 0.128 e. The molecule has 0 aliphatic carbocycles. The van der Waals surface area contributed by atoms with Crippen molar-refractivity contribution in [3.8, 4) is 11.5 Å². The van der Waals surface area contributed by atoms with E-state index in [4.69, 9.17) is 9.47 Å². The van der Waals surface area contributed by atoms with Gasteiger partial charge in [0.25, 0.3) is 0 Å². The Bertz CT molecular complexity index is 332. The molecule has 0 bridgehead atoms. The lowest BCUT2D eigenvalue weighted by molar-refractivity contribution is 0.218. The standard InChI is InChI=1S/C13H20O3/c1-9(2)15-12-6-5-11(8-14)13(7-12)16-10(3)4/h5-7,9-10,14H,8H2,1-4H3. The lowest BCUT2D eigenvalue weighted by Gasteiger charge is -2.16. The van der Waals surface area contributed by atoms with Crippen molar-refractivity contribution in [1.82, 2.24) is 0 Å². The highest BCUT2D eigenvalue weighted by Gasteiger charge is 2.07. The van der Waals surface area contributed by atoms with Gasteiger partial charge in [0.2, 0.25) is 0 Å². The molecular formula is C13H20O3. The van der Waals surface area contributed by atoms with Crippen LogP contribution in [-0.2, 0) is 6.61 Å². The summed E-state index contributed by atoms with van der Waals surface area (Å²) < 4.78 is 11.2. The van der Waals surface area contributed by atoms with E-state index in [1.165, 1.54) is 0 Å². The number of benzene rings is 1. The predicted octanol–water partition coefficient (Wildman–Crippen LogP) is 2.75. The monoisotopic (exact) mass is 224 g/mol. The summed E-state index contributed by atoms with van der Waals surface area (Å²) in [5.41, 5.74) is 0.782. The fourth-order valence-corrected chi connectivity index (χ4v) is 1.37. The van der Waals surface area contributed by atoms with Gasteiger partial charge in [-0.1, -0.05) is 0 Å². The molecule has 0 saturated heterocycles. The third kappa shape index (κ3) is 3.74. The van der Waals surface area contributed by atoms with Gasteiger partial charge >= 0.3 is 0 Å². The first-order valence-corrected chi connectivity index (χ1v) is 5.60. The van der Waals surface area contributed by atoms with Crippen LogP contribution >= 0.6 is 0 Å². The van der Waals surface area contributed by atoms with E-state index in [0.29, 0.717) is 5.75 Å². The van der Waals surface area contributed by atoms with Crippen molar-refractivity contribution in [2.45, 2.75) is 46.5 Å². The molecule has 0 aromatic heterocycles. The molecule has 0 amide bonds. The highest BCUT2D eigenvalue weighted by molar-refractivity contribution is 5.40. The van der Waals surface area contributed by atoms with Gasteiger partial charge in [-0.3, -0.25) is 0 Å². The molecule has 1 N–H and O–H groups in total. The second-order valence-electron chi connectivity index (χ2n) is 4.26. The van der Waals surface area contributed by atoms with Crippen molar-refractivity contribution < 1.29 is 14.6 Å². The summed E-state index contributed by atoms with van der Waals surface area (Å²) in [6.45, 7) is 7.84. The van der Waals surface area contributed by atoms with Gasteiger partial charge in [-0.05, 0) is 39.8 Å². The van der Waals surface area contributed by atoms with Crippen molar-refractivity contribution in [2.75, 3.05) is 0 Å². The summed E-state index contributed by atoms with van der Waals surface area (Å²) in [7, 11) is 0. The van der Waals surface area contributed by atoms with Gasteiger partial charge in [0.1, 0.15) is 11.5 Å². The number of aliphatic hydroxyl groups excluding tert-OH is 1. The van der Waals surface area contributed by atoms with Gasteiger partial charge < -0.3 is 14.6 Å². The van der Waals surface area contributed by atoms with Crippen molar-refractivity contribution in [3.05, 3.63) is 23.8 Å². The summed E-state index contributed by atoms with van der Waals surface area (Å²) in [5, 5.41) is 9.18. The van der Waals surface area contributed by atoms with E-state index in [9.17, 15) is 5.11 Å². The minimum atomic E-state index is -0.0238. The maximum absolute atomic E-state index is 9.18. The second kappa shape index (κ2) is 5.75. The van der Waals surface area contributed by atoms with Crippen LogP contribution in [0.1, 0.15) is 33.3 Å². The topological polar surface area (TPSA) is 38.7 Å². The second-order valence-corrected chi connectivity index (χ2v) is 4.26. The lowest BCUT2D eigenvalue weighted by atomic mass is 10.2. The first kappa shape index (κ1) is 12.8. The Hall–Kier alpha value is -1.22. The molecule has 90 valence electrons. The van der Waals surface area contributed by atoms with Gasteiger partial charge in [0, 0.05) is 11.6 Å². The molecule has 0 heterocycles. The van der Waals surface area contributed by atoms with Gasteiger partial charge in [-0.25, -0.2) is 0 Å². The highest BCUT2D eigenvalue weighted by atomic mass is 16.5. The number of ether oxygens (including phenoxy) is 2. The van der Waals surface area contributed by atoms with Crippen molar-refractivity contribution >= 4 is 0 Å². The molecule has 1 rings (SSSR count). The summed E-state index contributed by atoms with van der Waals surface area (Å²) in [6, 6.07) is 5.50. The molecular weight excluding hydrogens is 204 g/mol. The normalized spacial score (nSPS) is 10.9. The molecule has 0 unspecified atom stereocenters. The highest BCUT2D eigenvalue weighted by Crippen LogP contribution is 2.26. The fourth-order valence-electron chi connectivity index (χ4n) is 1.37. The summed E-state index contributed by atoms with van der Waals surface area (Å²) in [5.74, 6) is 1.46. The molecule has 1 aromatic rings. The van der Waals surface area contributed by atoms with Crippen molar-refractivity contribution in [1.29, 1.82) is 0 Å². The third-order valence-corrected chi connectivity index (χ3v) is 1.94. The summed E-state index contributed by atoms with van der Waals surface area (Å²) in [6.07, 6.45) is 0.214. The van der Waals surface area contributed by atoms with Crippen LogP contribution in [0.3, 0.4) is 0 Å². The molecule has 0 aliphatic rings. The zero-order valence-electron chi connectivity index (χ0n) is 10.4. The minimum absolute atomic E-state index is 0.0238. The molecule has 3 heteroatoms. The van der Waals surface area contributed by atoms with E-state index in [-0.39, 0.29) is 18.8 Å². The van der Waals surface area contributed by atoms with E-state index >= 15 is 0 Å².